The summed E-state index contributed by atoms with van der Waals surface area (Å²) in [6.45, 7) is 9.13. The van der Waals surface area contributed by atoms with E-state index in [0.29, 0.717) is 16.9 Å². The van der Waals surface area contributed by atoms with Crippen LogP contribution in [0.2, 0.25) is 0 Å². The van der Waals surface area contributed by atoms with Crippen molar-refractivity contribution in [3.8, 4) is 5.75 Å². The van der Waals surface area contributed by atoms with Gasteiger partial charge >= 0.3 is 0 Å². The zero-order valence-corrected chi connectivity index (χ0v) is 11.3. The monoisotopic (exact) mass is 234 g/mol. The number of nitrogen functional groups attached to an aromatic ring is 1. The standard InChI is InChI=1S/C14H22N2O/c1-13(2)12(14(13,3)4)16-11-7-6-9(17-5)8-10(11)15/h6-8,12,16H,15H2,1-5H3. The molecule has 0 radical (unpaired) electrons. The van der Waals surface area contributed by atoms with Gasteiger partial charge in [-0.25, -0.2) is 0 Å². The zero-order valence-electron chi connectivity index (χ0n) is 11.3. The third-order valence-corrected chi connectivity index (χ3v) is 4.58. The molecular weight excluding hydrogens is 212 g/mol. The zero-order chi connectivity index (χ0) is 12.8. The van der Waals surface area contributed by atoms with Crippen LogP contribution in [0.3, 0.4) is 0 Å². The molecule has 1 saturated carbocycles. The van der Waals surface area contributed by atoms with E-state index >= 15 is 0 Å². The summed E-state index contributed by atoms with van der Waals surface area (Å²) in [6, 6.07) is 6.23. The lowest BCUT2D eigenvalue weighted by molar-refractivity contribution is 0.415. The van der Waals surface area contributed by atoms with Gasteiger partial charge in [0.05, 0.1) is 18.5 Å². The predicted octanol–water partition coefficient (Wildman–Crippen LogP) is 3.12. The first-order valence-electron chi connectivity index (χ1n) is 6.01. The molecule has 1 aromatic carbocycles. The first-order valence-corrected chi connectivity index (χ1v) is 6.01. The molecule has 3 N–H and O–H groups in total. The number of methoxy groups -OCH3 is 1. The van der Waals surface area contributed by atoms with E-state index in [9.17, 15) is 0 Å². The summed E-state index contributed by atoms with van der Waals surface area (Å²) >= 11 is 0. The molecule has 1 aromatic rings. The predicted molar refractivity (Wildman–Crippen MR) is 72.4 cm³/mol. The van der Waals surface area contributed by atoms with E-state index in [1.165, 1.54) is 0 Å². The lowest BCUT2D eigenvalue weighted by atomic mass is 10.0. The van der Waals surface area contributed by atoms with E-state index in [1.807, 2.05) is 18.2 Å². The molecule has 1 aliphatic carbocycles. The maximum absolute atomic E-state index is 6.01. The summed E-state index contributed by atoms with van der Waals surface area (Å²) in [5.41, 5.74) is 8.35. The van der Waals surface area contributed by atoms with Gasteiger partial charge in [-0.1, -0.05) is 27.7 Å². The van der Waals surface area contributed by atoms with Crippen LogP contribution in [0, 0.1) is 10.8 Å². The highest BCUT2D eigenvalue weighted by Gasteiger charge is 2.64. The van der Waals surface area contributed by atoms with Crippen molar-refractivity contribution < 1.29 is 4.74 Å². The van der Waals surface area contributed by atoms with E-state index < -0.39 is 0 Å². The van der Waals surface area contributed by atoms with Crippen molar-refractivity contribution in [3.05, 3.63) is 18.2 Å². The SMILES string of the molecule is COc1ccc(NC2C(C)(C)C2(C)C)c(N)c1. The number of hydrogen-bond donors (Lipinski definition) is 2. The van der Waals surface area contributed by atoms with Gasteiger partial charge in [0.15, 0.2) is 0 Å². The fourth-order valence-corrected chi connectivity index (χ4v) is 2.51. The number of anilines is 2. The molecule has 0 aliphatic heterocycles. The molecule has 0 heterocycles. The normalized spacial score (nSPS) is 21.0. The molecule has 0 aromatic heterocycles. The molecule has 3 heteroatoms. The molecule has 0 amide bonds. The minimum atomic E-state index is 0.305. The minimum Gasteiger partial charge on any atom is -0.497 e. The number of nitrogens with one attached hydrogen (secondary N) is 1. The van der Waals surface area contributed by atoms with Crippen LogP contribution in [0.15, 0.2) is 18.2 Å². The lowest BCUT2D eigenvalue weighted by Crippen LogP contribution is -2.11. The Morgan fingerprint density at radius 3 is 2.18 bits per heavy atom. The van der Waals surface area contributed by atoms with Gasteiger partial charge in [0.1, 0.15) is 5.75 Å². The van der Waals surface area contributed by atoms with Gasteiger partial charge < -0.3 is 15.8 Å². The molecule has 17 heavy (non-hydrogen) atoms. The van der Waals surface area contributed by atoms with Gasteiger partial charge in [0.25, 0.3) is 0 Å². The second kappa shape index (κ2) is 3.56. The van der Waals surface area contributed by atoms with E-state index in [2.05, 4.69) is 33.0 Å². The molecule has 1 aliphatic rings. The van der Waals surface area contributed by atoms with E-state index in [4.69, 9.17) is 10.5 Å². The van der Waals surface area contributed by atoms with Gasteiger partial charge in [0, 0.05) is 12.1 Å². The smallest absolute Gasteiger partial charge is 0.121 e. The summed E-state index contributed by atoms with van der Waals surface area (Å²) in [5, 5.41) is 3.54. The van der Waals surface area contributed by atoms with Crippen molar-refractivity contribution in [2.24, 2.45) is 10.8 Å². The van der Waals surface area contributed by atoms with E-state index in [0.717, 1.165) is 17.1 Å². The lowest BCUT2D eigenvalue weighted by Gasteiger charge is -2.12. The third kappa shape index (κ3) is 1.74. The second-order valence-electron chi connectivity index (χ2n) is 5.97. The Balaban J connectivity index is 2.16. The van der Waals surface area contributed by atoms with Crippen LogP contribution in [0.1, 0.15) is 27.7 Å². The van der Waals surface area contributed by atoms with Crippen molar-refractivity contribution >= 4 is 11.4 Å². The molecule has 3 nitrogen and oxygen atoms in total. The van der Waals surface area contributed by atoms with Gasteiger partial charge in [-0.2, -0.15) is 0 Å². The number of ether oxygens (including phenoxy) is 1. The number of benzene rings is 1. The topological polar surface area (TPSA) is 47.3 Å². The van der Waals surface area contributed by atoms with Crippen molar-refractivity contribution in [3.63, 3.8) is 0 Å². The van der Waals surface area contributed by atoms with Crippen LogP contribution >= 0.6 is 0 Å². The van der Waals surface area contributed by atoms with Gasteiger partial charge in [0.2, 0.25) is 0 Å². The first kappa shape index (κ1) is 12.1. The highest BCUT2D eigenvalue weighted by atomic mass is 16.5. The third-order valence-electron chi connectivity index (χ3n) is 4.58. The van der Waals surface area contributed by atoms with Crippen LogP contribution in [0.5, 0.6) is 5.75 Å². The molecule has 0 atom stereocenters. The highest BCUT2D eigenvalue weighted by molar-refractivity contribution is 5.69. The van der Waals surface area contributed by atoms with Crippen LogP contribution in [0.4, 0.5) is 11.4 Å². The largest absolute Gasteiger partial charge is 0.497 e. The summed E-state index contributed by atoms with van der Waals surface area (Å²) in [7, 11) is 1.65. The quantitative estimate of drug-likeness (QED) is 0.790. The average molecular weight is 234 g/mol. The highest BCUT2D eigenvalue weighted by Crippen LogP contribution is 2.63. The number of nitrogens with two attached hydrogens (primary N) is 1. The van der Waals surface area contributed by atoms with Crippen molar-refractivity contribution in [2.45, 2.75) is 33.7 Å². The summed E-state index contributed by atoms with van der Waals surface area (Å²) in [4.78, 5) is 0. The Labute approximate surface area is 103 Å². The summed E-state index contributed by atoms with van der Waals surface area (Å²) < 4.78 is 5.14. The molecule has 94 valence electrons. The van der Waals surface area contributed by atoms with Crippen molar-refractivity contribution in [1.82, 2.24) is 0 Å². The Kier molecular flexibility index (Phi) is 2.53. The van der Waals surface area contributed by atoms with Crippen molar-refractivity contribution in [2.75, 3.05) is 18.2 Å². The van der Waals surface area contributed by atoms with Gasteiger partial charge in [-0.15, -0.1) is 0 Å². The molecular formula is C14H22N2O. The summed E-state index contributed by atoms with van der Waals surface area (Å²) in [5.74, 6) is 0.794. The van der Waals surface area contributed by atoms with Crippen molar-refractivity contribution in [1.29, 1.82) is 0 Å². The maximum Gasteiger partial charge on any atom is 0.121 e. The summed E-state index contributed by atoms with van der Waals surface area (Å²) in [6.07, 6.45) is 0. The molecule has 0 bridgehead atoms. The van der Waals surface area contributed by atoms with Crippen LogP contribution in [-0.2, 0) is 0 Å². The Bertz CT molecular complexity index is 424. The molecule has 1 fully saturated rings. The van der Waals surface area contributed by atoms with Crippen LogP contribution in [-0.4, -0.2) is 13.2 Å². The Hall–Kier alpha value is -1.38. The van der Waals surface area contributed by atoms with Crippen LogP contribution in [0.25, 0.3) is 0 Å². The first-order chi connectivity index (χ1) is 7.80. The molecule has 0 saturated heterocycles. The Morgan fingerprint density at radius 2 is 1.76 bits per heavy atom. The fraction of sp³-hybridized carbons (Fsp3) is 0.571. The van der Waals surface area contributed by atoms with E-state index in [-0.39, 0.29) is 0 Å². The average Bonchev–Trinajstić information content (AvgIpc) is 2.63. The number of rotatable bonds is 3. The number of hydrogen-bond acceptors (Lipinski definition) is 3. The maximum atomic E-state index is 6.01. The molecule has 2 rings (SSSR count). The Morgan fingerprint density at radius 1 is 1.18 bits per heavy atom. The van der Waals surface area contributed by atoms with Gasteiger partial charge in [-0.3, -0.25) is 0 Å². The molecule has 0 spiro atoms. The fourth-order valence-electron chi connectivity index (χ4n) is 2.51. The van der Waals surface area contributed by atoms with E-state index in [1.54, 1.807) is 7.11 Å². The second-order valence-corrected chi connectivity index (χ2v) is 5.97. The minimum absolute atomic E-state index is 0.305. The van der Waals surface area contributed by atoms with Gasteiger partial charge in [-0.05, 0) is 23.0 Å². The van der Waals surface area contributed by atoms with Crippen LogP contribution < -0.4 is 15.8 Å². The molecule has 0 unspecified atom stereocenters.